The number of nitrogens with zero attached hydrogens (tertiary/aromatic N) is 3. The van der Waals surface area contributed by atoms with Gasteiger partial charge in [0.2, 0.25) is 5.16 Å². The molecule has 1 amide bonds. The molecule has 0 aliphatic carbocycles. The average molecular weight is 279 g/mol. The van der Waals surface area contributed by atoms with Crippen LogP contribution in [0.1, 0.15) is 0 Å². The Bertz CT molecular complexity index is 367. The number of hydrogen-bond donors (Lipinski definition) is 2. The van der Waals surface area contributed by atoms with Gasteiger partial charge in [-0.2, -0.15) is 9.36 Å². The number of hydrogen-bond acceptors (Lipinski definition) is 8. The molecule has 7 nitrogen and oxygen atoms in total. The van der Waals surface area contributed by atoms with Gasteiger partial charge >= 0.3 is 0 Å². The molecule has 0 atom stereocenters. The van der Waals surface area contributed by atoms with Crippen LogP contribution in [0.5, 0.6) is 5.19 Å². The van der Waals surface area contributed by atoms with Crippen LogP contribution in [0.25, 0.3) is 0 Å². The zero-order valence-corrected chi connectivity index (χ0v) is 11.0. The van der Waals surface area contributed by atoms with Crippen LogP contribution in [0.4, 0.5) is 4.79 Å². The fourth-order valence-electron chi connectivity index (χ4n) is 0.731. The summed E-state index contributed by atoms with van der Waals surface area (Å²) in [5.74, 6) is 0. The van der Waals surface area contributed by atoms with Crippen LogP contribution in [0.2, 0.25) is 0 Å². The minimum atomic E-state index is -0.717. The maximum absolute atomic E-state index is 11.3. The van der Waals surface area contributed by atoms with E-state index in [1.54, 1.807) is 14.1 Å². The molecule has 0 aromatic carbocycles. The molecule has 1 heterocycles. The van der Waals surface area contributed by atoms with Crippen molar-refractivity contribution in [1.82, 2.24) is 14.3 Å². The van der Waals surface area contributed by atoms with Gasteiger partial charge in [-0.3, -0.25) is 4.79 Å². The summed E-state index contributed by atoms with van der Waals surface area (Å²) in [5.41, 5.74) is 0. The highest BCUT2D eigenvalue weighted by molar-refractivity contribution is 8.13. The fraction of sp³-hybridized carbons (Fsp3) is 0.625. The molecular formula is C8H13N3O4S2. The summed E-state index contributed by atoms with van der Waals surface area (Å²) >= 11 is 1.85. The van der Waals surface area contributed by atoms with E-state index in [1.165, 1.54) is 4.90 Å². The lowest BCUT2D eigenvalue weighted by Gasteiger charge is -2.10. The van der Waals surface area contributed by atoms with Crippen LogP contribution in [0.15, 0.2) is 5.16 Å². The summed E-state index contributed by atoms with van der Waals surface area (Å²) in [4.78, 5) is 16.7. The van der Waals surface area contributed by atoms with Crippen LogP contribution >= 0.6 is 23.3 Å². The first-order chi connectivity index (χ1) is 8.06. The molecule has 1 aromatic heterocycles. The topological polar surface area (TPSA) is 95.8 Å². The second kappa shape index (κ2) is 6.74. The fourth-order valence-corrected chi connectivity index (χ4v) is 2.02. The Hall–Kier alpha value is -0.900. The van der Waals surface area contributed by atoms with Gasteiger partial charge in [-0.15, -0.1) is 0 Å². The zero-order valence-electron chi connectivity index (χ0n) is 9.36. The maximum Gasteiger partial charge on any atom is 0.294 e. The summed E-state index contributed by atoms with van der Waals surface area (Å²) in [5, 5.41) is 18.0. The highest BCUT2D eigenvalue weighted by Gasteiger charge is 2.15. The van der Waals surface area contributed by atoms with Gasteiger partial charge in [-0.05, 0) is 0 Å². The molecule has 2 N–H and O–H groups in total. The second-order valence-electron chi connectivity index (χ2n) is 3.21. The van der Waals surface area contributed by atoms with Crippen molar-refractivity contribution in [2.45, 2.75) is 11.3 Å². The molecule has 9 heteroatoms. The van der Waals surface area contributed by atoms with Gasteiger partial charge < -0.3 is 19.8 Å². The smallest absolute Gasteiger partial charge is 0.294 e. The normalized spacial score (nSPS) is 10.6. The molecule has 0 unspecified atom stereocenters. The van der Waals surface area contributed by atoms with Crippen molar-refractivity contribution in [2.24, 2.45) is 0 Å². The Morgan fingerprint density at radius 3 is 2.71 bits per heavy atom. The van der Waals surface area contributed by atoms with Crippen LogP contribution < -0.4 is 4.74 Å². The molecule has 0 aliphatic rings. The van der Waals surface area contributed by atoms with Gasteiger partial charge in [0.1, 0.15) is 6.10 Å². The first-order valence-corrected chi connectivity index (χ1v) is 6.27. The first-order valence-electron chi connectivity index (χ1n) is 4.68. The molecule has 0 aliphatic heterocycles. The van der Waals surface area contributed by atoms with Gasteiger partial charge in [0.25, 0.3) is 10.4 Å². The van der Waals surface area contributed by atoms with E-state index in [0.717, 1.165) is 23.3 Å². The Labute approximate surface area is 107 Å². The standard InChI is InChI=1S/C8H13N3O4S2/c1-11(2)8(14)16-6-9-7(17-10-6)15-5(3-12)4-13/h5,12-13H,3-4H2,1-2H3. The van der Waals surface area contributed by atoms with Gasteiger partial charge in [-0.25, -0.2) is 0 Å². The highest BCUT2D eigenvalue weighted by Crippen LogP contribution is 2.23. The lowest BCUT2D eigenvalue weighted by atomic mass is 10.4. The summed E-state index contributed by atoms with van der Waals surface area (Å²) in [6.45, 7) is -0.621. The Morgan fingerprint density at radius 2 is 2.18 bits per heavy atom. The van der Waals surface area contributed by atoms with E-state index in [0.29, 0.717) is 5.16 Å². The van der Waals surface area contributed by atoms with Gasteiger partial charge in [0.15, 0.2) is 0 Å². The zero-order chi connectivity index (χ0) is 12.8. The molecular weight excluding hydrogens is 266 g/mol. The van der Waals surface area contributed by atoms with E-state index in [9.17, 15) is 4.79 Å². The minimum absolute atomic E-state index is 0.185. The number of carbonyl (C=O) groups excluding carboxylic acids is 1. The van der Waals surface area contributed by atoms with Gasteiger partial charge in [0.05, 0.1) is 13.2 Å². The van der Waals surface area contributed by atoms with Gasteiger partial charge in [-0.1, -0.05) is 0 Å². The Kier molecular flexibility index (Phi) is 5.62. The van der Waals surface area contributed by atoms with Crippen molar-refractivity contribution in [3.05, 3.63) is 0 Å². The van der Waals surface area contributed by atoms with E-state index in [2.05, 4.69) is 9.36 Å². The third kappa shape index (κ3) is 4.46. The van der Waals surface area contributed by atoms with E-state index in [-0.39, 0.29) is 23.6 Å². The number of thioether (sulfide) groups is 1. The van der Waals surface area contributed by atoms with Crippen LogP contribution in [0, 0.1) is 0 Å². The maximum atomic E-state index is 11.3. The molecule has 0 bridgehead atoms. The third-order valence-corrected chi connectivity index (χ3v) is 3.24. The van der Waals surface area contributed by atoms with Crippen molar-refractivity contribution in [3.8, 4) is 5.19 Å². The summed E-state index contributed by atoms with van der Waals surface area (Å²) in [6.07, 6.45) is -0.717. The van der Waals surface area contributed by atoms with Crippen molar-refractivity contribution in [2.75, 3.05) is 27.3 Å². The molecule has 96 valence electrons. The lowest BCUT2D eigenvalue weighted by molar-refractivity contribution is 0.0624. The Morgan fingerprint density at radius 1 is 1.53 bits per heavy atom. The lowest BCUT2D eigenvalue weighted by Crippen LogP contribution is -2.25. The van der Waals surface area contributed by atoms with E-state index < -0.39 is 6.10 Å². The van der Waals surface area contributed by atoms with Crippen molar-refractivity contribution in [3.63, 3.8) is 0 Å². The quantitative estimate of drug-likeness (QED) is 0.735. The first kappa shape index (κ1) is 14.2. The number of aliphatic hydroxyl groups excluding tert-OH is 2. The number of amides is 1. The van der Waals surface area contributed by atoms with Gasteiger partial charge in [0, 0.05) is 37.4 Å². The molecule has 17 heavy (non-hydrogen) atoms. The molecule has 1 aromatic rings. The molecule has 0 saturated carbocycles. The van der Waals surface area contributed by atoms with Crippen LogP contribution in [0.3, 0.4) is 0 Å². The SMILES string of the molecule is CN(C)C(=O)Sc1nsc(OC(CO)CO)n1. The van der Waals surface area contributed by atoms with Crippen molar-refractivity contribution in [1.29, 1.82) is 0 Å². The summed E-state index contributed by atoms with van der Waals surface area (Å²) in [6, 6.07) is 0. The number of aliphatic hydroxyl groups is 2. The largest absolute Gasteiger partial charge is 0.461 e. The summed E-state index contributed by atoms with van der Waals surface area (Å²) < 4.78 is 9.06. The van der Waals surface area contributed by atoms with Crippen molar-refractivity contribution < 1.29 is 19.7 Å². The summed E-state index contributed by atoms with van der Waals surface area (Å²) in [7, 11) is 3.26. The molecule has 0 fully saturated rings. The monoisotopic (exact) mass is 279 g/mol. The highest BCUT2D eigenvalue weighted by atomic mass is 32.2. The molecule has 0 spiro atoms. The predicted octanol–water partition coefficient (Wildman–Crippen LogP) is 0.0438. The number of ether oxygens (including phenoxy) is 1. The predicted molar refractivity (Wildman–Crippen MR) is 63.4 cm³/mol. The van der Waals surface area contributed by atoms with Crippen molar-refractivity contribution >= 4 is 28.5 Å². The van der Waals surface area contributed by atoms with E-state index >= 15 is 0 Å². The van der Waals surface area contributed by atoms with E-state index in [1.807, 2.05) is 0 Å². The number of rotatable bonds is 5. The minimum Gasteiger partial charge on any atom is -0.461 e. The number of carbonyl (C=O) groups is 1. The van der Waals surface area contributed by atoms with E-state index in [4.69, 9.17) is 14.9 Å². The molecule has 0 radical (unpaired) electrons. The third-order valence-electron chi connectivity index (χ3n) is 1.61. The molecule has 0 saturated heterocycles. The van der Waals surface area contributed by atoms with Crippen LogP contribution in [-0.4, -0.2) is 63.1 Å². The Balaban J connectivity index is 2.56. The number of aromatic nitrogens is 2. The van der Waals surface area contributed by atoms with Crippen LogP contribution in [-0.2, 0) is 0 Å². The average Bonchev–Trinajstić information content (AvgIpc) is 2.73. The second-order valence-corrected chi connectivity index (χ2v) is 4.84. The molecule has 1 rings (SSSR count).